The van der Waals surface area contributed by atoms with Gasteiger partial charge in [-0.15, -0.1) is 0 Å². The first-order chi connectivity index (χ1) is 17.3. The zero-order chi connectivity index (χ0) is 25.5. The van der Waals surface area contributed by atoms with Crippen molar-refractivity contribution in [3.8, 4) is 5.75 Å². The molecule has 186 valence electrons. The summed E-state index contributed by atoms with van der Waals surface area (Å²) in [5.41, 5.74) is 2.91. The maximum absolute atomic E-state index is 12.9. The molecule has 1 unspecified atom stereocenters. The van der Waals surface area contributed by atoms with Gasteiger partial charge in [0.05, 0.1) is 15.9 Å². The number of benzene rings is 4. The molecule has 4 rings (SSSR count). The fraction of sp³-hybridized carbons (Fsp3) is 0.172. The van der Waals surface area contributed by atoms with E-state index in [0.717, 1.165) is 16.7 Å². The maximum Gasteiger partial charge on any atom is 0.206 e. The predicted molar refractivity (Wildman–Crippen MR) is 142 cm³/mol. The van der Waals surface area contributed by atoms with Crippen LogP contribution in [0.2, 0.25) is 5.02 Å². The number of aliphatic hydroxyl groups is 1. The van der Waals surface area contributed by atoms with Crippen LogP contribution in [-0.4, -0.2) is 36.6 Å². The summed E-state index contributed by atoms with van der Waals surface area (Å²) < 4.78 is 25.8. The van der Waals surface area contributed by atoms with Crippen LogP contribution in [0.3, 0.4) is 0 Å². The van der Waals surface area contributed by atoms with Crippen molar-refractivity contribution in [1.82, 2.24) is 4.90 Å². The number of aromatic hydroxyl groups is 1. The molecule has 0 aliphatic carbocycles. The Hall–Kier alpha value is -3.16. The standard InChI is InChI=1S/C29H28ClNO4S/c30-25-8-4-7-24(19-25)29(33)21-31(20-23-5-2-1-3-6-23)18-17-22-9-13-27(14-10-22)36(34,35)28-15-11-26(32)12-16-28/h1-16,19,29,32-33H,17-18,20-21H2. The smallest absolute Gasteiger partial charge is 0.206 e. The Balaban J connectivity index is 1.46. The summed E-state index contributed by atoms with van der Waals surface area (Å²) in [7, 11) is -3.66. The quantitative estimate of drug-likeness (QED) is 0.282. The van der Waals surface area contributed by atoms with Crippen LogP contribution in [0.1, 0.15) is 22.8 Å². The second-order valence-corrected chi connectivity index (χ2v) is 11.1. The van der Waals surface area contributed by atoms with Gasteiger partial charge in [-0.1, -0.05) is 66.2 Å². The highest BCUT2D eigenvalue weighted by molar-refractivity contribution is 7.91. The highest BCUT2D eigenvalue weighted by Crippen LogP contribution is 2.24. The zero-order valence-corrected chi connectivity index (χ0v) is 21.2. The first-order valence-corrected chi connectivity index (χ1v) is 13.5. The molecule has 0 aliphatic heterocycles. The van der Waals surface area contributed by atoms with E-state index < -0.39 is 15.9 Å². The van der Waals surface area contributed by atoms with E-state index in [1.165, 1.54) is 24.3 Å². The molecule has 0 saturated heterocycles. The third-order valence-electron chi connectivity index (χ3n) is 6.01. The van der Waals surface area contributed by atoms with Crippen LogP contribution in [0.4, 0.5) is 0 Å². The van der Waals surface area contributed by atoms with Crippen LogP contribution in [0.25, 0.3) is 0 Å². The molecule has 4 aromatic carbocycles. The number of sulfone groups is 1. The zero-order valence-electron chi connectivity index (χ0n) is 19.7. The Kier molecular flexibility index (Phi) is 8.44. The summed E-state index contributed by atoms with van der Waals surface area (Å²) >= 11 is 6.11. The molecular weight excluding hydrogens is 494 g/mol. The van der Waals surface area contributed by atoms with Gasteiger partial charge in [0, 0.05) is 24.7 Å². The van der Waals surface area contributed by atoms with Gasteiger partial charge in [-0.05, 0) is 71.6 Å². The summed E-state index contributed by atoms with van der Waals surface area (Å²) in [5.74, 6) is 0.0184. The maximum atomic E-state index is 12.9. The monoisotopic (exact) mass is 521 g/mol. The predicted octanol–water partition coefficient (Wildman–Crippen LogP) is 5.66. The summed E-state index contributed by atoms with van der Waals surface area (Å²) in [5, 5.41) is 20.9. The highest BCUT2D eigenvalue weighted by atomic mass is 35.5. The molecule has 0 aliphatic rings. The number of hydrogen-bond acceptors (Lipinski definition) is 5. The summed E-state index contributed by atoms with van der Waals surface area (Å²) in [6, 6.07) is 29.7. The van der Waals surface area contributed by atoms with E-state index in [1.54, 1.807) is 24.3 Å². The first kappa shape index (κ1) is 25.9. The Morgan fingerprint density at radius 1 is 0.778 bits per heavy atom. The van der Waals surface area contributed by atoms with Crippen LogP contribution >= 0.6 is 11.6 Å². The second kappa shape index (κ2) is 11.7. The minimum atomic E-state index is -3.66. The molecule has 5 nitrogen and oxygen atoms in total. The molecule has 0 radical (unpaired) electrons. The van der Waals surface area contributed by atoms with Crippen LogP contribution in [0, 0.1) is 0 Å². The molecule has 36 heavy (non-hydrogen) atoms. The van der Waals surface area contributed by atoms with Gasteiger partial charge >= 0.3 is 0 Å². The van der Waals surface area contributed by atoms with Gasteiger partial charge in [0.2, 0.25) is 9.84 Å². The fourth-order valence-electron chi connectivity index (χ4n) is 4.02. The molecule has 0 heterocycles. The van der Waals surface area contributed by atoms with E-state index in [9.17, 15) is 18.6 Å². The molecule has 0 amide bonds. The Labute approximate surface area is 217 Å². The second-order valence-electron chi connectivity index (χ2n) is 8.68. The van der Waals surface area contributed by atoms with Crippen LogP contribution in [0.15, 0.2) is 113 Å². The van der Waals surface area contributed by atoms with E-state index in [-0.39, 0.29) is 15.5 Å². The summed E-state index contributed by atoms with van der Waals surface area (Å²) in [6.07, 6.45) is -0.000469. The number of halogens is 1. The lowest BCUT2D eigenvalue weighted by atomic mass is 10.1. The number of phenolic OH excluding ortho intramolecular Hbond substituents is 1. The lowest BCUT2D eigenvalue weighted by molar-refractivity contribution is 0.109. The van der Waals surface area contributed by atoms with Crippen LogP contribution in [0.5, 0.6) is 5.75 Å². The molecule has 0 bridgehead atoms. The van der Waals surface area contributed by atoms with Crippen molar-refractivity contribution in [3.63, 3.8) is 0 Å². The lowest BCUT2D eigenvalue weighted by Gasteiger charge is -2.25. The third-order valence-corrected chi connectivity index (χ3v) is 8.03. The molecule has 0 saturated carbocycles. The number of phenols is 1. The Morgan fingerprint density at radius 2 is 1.42 bits per heavy atom. The Bertz CT molecular complexity index is 1380. The Morgan fingerprint density at radius 3 is 2.06 bits per heavy atom. The highest BCUT2D eigenvalue weighted by Gasteiger charge is 2.18. The van der Waals surface area contributed by atoms with E-state index in [0.29, 0.717) is 31.1 Å². The molecule has 0 fully saturated rings. The third kappa shape index (κ3) is 6.74. The SMILES string of the molecule is O=S(=O)(c1ccc(O)cc1)c1ccc(CCN(Cc2ccccc2)CC(O)c2cccc(Cl)c2)cc1. The topological polar surface area (TPSA) is 77.8 Å². The van der Waals surface area contributed by atoms with Gasteiger partial charge in [-0.2, -0.15) is 0 Å². The van der Waals surface area contributed by atoms with E-state index in [1.807, 2.05) is 42.5 Å². The lowest BCUT2D eigenvalue weighted by Crippen LogP contribution is -2.30. The molecular formula is C29H28ClNO4S. The largest absolute Gasteiger partial charge is 0.508 e. The van der Waals surface area contributed by atoms with Gasteiger partial charge in [0.25, 0.3) is 0 Å². The number of rotatable bonds is 10. The van der Waals surface area contributed by atoms with Crippen molar-refractivity contribution >= 4 is 21.4 Å². The van der Waals surface area contributed by atoms with Crippen molar-refractivity contribution in [3.05, 3.63) is 125 Å². The van der Waals surface area contributed by atoms with Gasteiger partial charge < -0.3 is 10.2 Å². The fourth-order valence-corrected chi connectivity index (χ4v) is 5.48. The number of hydrogen-bond donors (Lipinski definition) is 2. The van der Waals surface area contributed by atoms with Gasteiger partial charge in [-0.3, -0.25) is 4.90 Å². The van der Waals surface area contributed by atoms with Gasteiger partial charge in [-0.25, -0.2) is 8.42 Å². The molecule has 4 aromatic rings. The number of aliphatic hydroxyl groups excluding tert-OH is 1. The minimum Gasteiger partial charge on any atom is -0.508 e. The molecule has 0 aromatic heterocycles. The average molecular weight is 522 g/mol. The van der Waals surface area contributed by atoms with E-state index >= 15 is 0 Å². The van der Waals surface area contributed by atoms with Crippen molar-refractivity contribution < 1.29 is 18.6 Å². The molecule has 1 atom stereocenters. The number of nitrogens with zero attached hydrogens (tertiary/aromatic N) is 1. The molecule has 7 heteroatoms. The summed E-state index contributed by atoms with van der Waals surface area (Å²) in [6.45, 7) is 1.78. The van der Waals surface area contributed by atoms with E-state index in [2.05, 4.69) is 17.0 Å². The molecule has 2 N–H and O–H groups in total. The van der Waals surface area contributed by atoms with Gasteiger partial charge in [0.1, 0.15) is 5.75 Å². The van der Waals surface area contributed by atoms with Crippen LogP contribution in [-0.2, 0) is 22.8 Å². The van der Waals surface area contributed by atoms with E-state index in [4.69, 9.17) is 11.6 Å². The summed E-state index contributed by atoms with van der Waals surface area (Å²) in [4.78, 5) is 2.52. The van der Waals surface area contributed by atoms with Crippen molar-refractivity contribution in [1.29, 1.82) is 0 Å². The van der Waals surface area contributed by atoms with Crippen LogP contribution < -0.4 is 0 Å². The van der Waals surface area contributed by atoms with Crippen molar-refractivity contribution in [2.24, 2.45) is 0 Å². The van der Waals surface area contributed by atoms with Gasteiger partial charge in [0.15, 0.2) is 0 Å². The normalized spacial score (nSPS) is 12.5. The minimum absolute atomic E-state index is 0.0184. The van der Waals surface area contributed by atoms with Crippen molar-refractivity contribution in [2.45, 2.75) is 28.9 Å². The molecule has 0 spiro atoms. The first-order valence-electron chi connectivity index (χ1n) is 11.6. The van der Waals surface area contributed by atoms with Crippen molar-refractivity contribution in [2.75, 3.05) is 13.1 Å². The average Bonchev–Trinajstić information content (AvgIpc) is 2.88.